The Bertz CT molecular complexity index is 560. The highest BCUT2D eigenvalue weighted by Gasteiger charge is 2.09. The summed E-state index contributed by atoms with van der Waals surface area (Å²) in [5, 5.41) is 4.87. The van der Waals surface area contributed by atoms with Crippen molar-refractivity contribution >= 4 is 17.4 Å². The van der Waals surface area contributed by atoms with E-state index < -0.39 is 0 Å². The standard InChI is InChI=1S/C13H13ClN2O/c1-9-7-10(3-4-12(9)14)13(17)8-11-5-6-16(2)15-11/h3-7H,8H2,1-2H3. The molecule has 0 aliphatic carbocycles. The van der Waals surface area contributed by atoms with Crippen LogP contribution in [0, 0.1) is 6.92 Å². The first kappa shape index (κ1) is 11.9. The summed E-state index contributed by atoms with van der Waals surface area (Å²) in [6, 6.07) is 7.16. The van der Waals surface area contributed by atoms with Gasteiger partial charge >= 0.3 is 0 Å². The van der Waals surface area contributed by atoms with Crippen LogP contribution in [0.3, 0.4) is 0 Å². The van der Waals surface area contributed by atoms with Crippen molar-refractivity contribution in [2.75, 3.05) is 0 Å². The Morgan fingerprint density at radius 1 is 1.41 bits per heavy atom. The topological polar surface area (TPSA) is 34.9 Å². The zero-order valence-corrected chi connectivity index (χ0v) is 10.5. The van der Waals surface area contributed by atoms with Crippen molar-refractivity contribution in [3.63, 3.8) is 0 Å². The summed E-state index contributed by atoms with van der Waals surface area (Å²) in [5.74, 6) is 0.0588. The molecule has 0 saturated heterocycles. The van der Waals surface area contributed by atoms with Crippen LogP contribution >= 0.6 is 11.6 Å². The third-order valence-electron chi connectivity index (χ3n) is 2.59. The SMILES string of the molecule is Cc1cc(C(=O)Cc2ccn(C)n2)ccc1Cl. The van der Waals surface area contributed by atoms with E-state index in [4.69, 9.17) is 11.6 Å². The first-order valence-corrected chi connectivity index (χ1v) is 5.72. The molecule has 0 unspecified atom stereocenters. The summed E-state index contributed by atoms with van der Waals surface area (Å²) >= 11 is 5.92. The molecule has 3 nitrogen and oxygen atoms in total. The molecule has 1 heterocycles. The molecule has 4 heteroatoms. The second-order valence-electron chi connectivity index (χ2n) is 4.04. The number of carbonyl (C=O) groups is 1. The highest BCUT2D eigenvalue weighted by Crippen LogP contribution is 2.17. The number of Topliss-reactive ketones (excluding diaryl/α,β-unsaturated/α-hetero) is 1. The van der Waals surface area contributed by atoms with Crippen LogP contribution in [0.1, 0.15) is 21.6 Å². The second-order valence-corrected chi connectivity index (χ2v) is 4.45. The molecule has 2 rings (SSSR count). The minimum atomic E-state index is 0.0588. The van der Waals surface area contributed by atoms with Crippen molar-refractivity contribution in [3.05, 3.63) is 52.3 Å². The summed E-state index contributed by atoms with van der Waals surface area (Å²) in [6.07, 6.45) is 2.15. The quantitative estimate of drug-likeness (QED) is 0.783. The van der Waals surface area contributed by atoms with Crippen molar-refractivity contribution in [1.29, 1.82) is 0 Å². The number of aryl methyl sites for hydroxylation is 2. The largest absolute Gasteiger partial charge is 0.294 e. The number of rotatable bonds is 3. The zero-order chi connectivity index (χ0) is 12.4. The lowest BCUT2D eigenvalue weighted by Gasteiger charge is -2.02. The van der Waals surface area contributed by atoms with Crippen LogP contribution in [0.25, 0.3) is 0 Å². The molecule has 0 aliphatic heterocycles. The Labute approximate surface area is 105 Å². The van der Waals surface area contributed by atoms with Crippen molar-refractivity contribution in [2.45, 2.75) is 13.3 Å². The molecule has 0 fully saturated rings. The average Bonchev–Trinajstić information content (AvgIpc) is 2.68. The van der Waals surface area contributed by atoms with E-state index in [0.29, 0.717) is 17.0 Å². The van der Waals surface area contributed by atoms with Gasteiger partial charge in [0.15, 0.2) is 5.78 Å². The number of halogens is 1. The predicted octanol–water partition coefficient (Wildman–Crippen LogP) is 2.81. The lowest BCUT2D eigenvalue weighted by Crippen LogP contribution is -2.05. The third kappa shape index (κ3) is 2.74. The maximum absolute atomic E-state index is 12.0. The molecule has 0 radical (unpaired) electrons. The number of hydrogen-bond acceptors (Lipinski definition) is 2. The third-order valence-corrected chi connectivity index (χ3v) is 3.01. The Kier molecular flexibility index (Phi) is 3.29. The van der Waals surface area contributed by atoms with Gasteiger partial charge in [0.05, 0.1) is 12.1 Å². The Hall–Kier alpha value is -1.61. The van der Waals surface area contributed by atoms with Gasteiger partial charge in [-0.05, 0) is 36.8 Å². The summed E-state index contributed by atoms with van der Waals surface area (Å²) < 4.78 is 1.69. The van der Waals surface area contributed by atoms with Gasteiger partial charge in [-0.25, -0.2) is 0 Å². The molecule has 1 aromatic heterocycles. The van der Waals surface area contributed by atoms with Gasteiger partial charge < -0.3 is 0 Å². The Morgan fingerprint density at radius 2 is 2.18 bits per heavy atom. The molecule has 0 N–H and O–H groups in total. The summed E-state index contributed by atoms with van der Waals surface area (Å²) in [7, 11) is 1.83. The number of nitrogens with zero attached hydrogens (tertiary/aromatic N) is 2. The van der Waals surface area contributed by atoms with Gasteiger partial charge in [-0.2, -0.15) is 5.10 Å². The van der Waals surface area contributed by atoms with Gasteiger partial charge in [-0.15, -0.1) is 0 Å². The number of ketones is 1. The van der Waals surface area contributed by atoms with Crippen LogP contribution in [0.2, 0.25) is 5.02 Å². The van der Waals surface area contributed by atoms with E-state index in [9.17, 15) is 4.79 Å². The summed E-state index contributed by atoms with van der Waals surface area (Å²) in [4.78, 5) is 12.0. The van der Waals surface area contributed by atoms with Gasteiger partial charge in [0, 0.05) is 23.8 Å². The van der Waals surface area contributed by atoms with E-state index in [1.54, 1.807) is 16.8 Å². The van der Waals surface area contributed by atoms with Crippen LogP contribution in [-0.4, -0.2) is 15.6 Å². The Balaban J connectivity index is 2.17. The minimum absolute atomic E-state index is 0.0588. The molecule has 88 valence electrons. The van der Waals surface area contributed by atoms with E-state index in [1.807, 2.05) is 32.3 Å². The first-order valence-electron chi connectivity index (χ1n) is 5.34. The number of carbonyl (C=O) groups excluding carboxylic acids is 1. The highest BCUT2D eigenvalue weighted by atomic mass is 35.5. The molecule has 0 atom stereocenters. The minimum Gasteiger partial charge on any atom is -0.294 e. The first-order chi connectivity index (χ1) is 8.06. The summed E-state index contributed by atoms with van der Waals surface area (Å²) in [5.41, 5.74) is 2.38. The van der Waals surface area contributed by atoms with Crippen molar-refractivity contribution in [2.24, 2.45) is 7.05 Å². The van der Waals surface area contributed by atoms with Gasteiger partial charge in [0.2, 0.25) is 0 Å². The fourth-order valence-corrected chi connectivity index (χ4v) is 1.76. The number of hydrogen-bond donors (Lipinski definition) is 0. The van der Waals surface area contributed by atoms with Crippen LogP contribution in [0.15, 0.2) is 30.5 Å². The monoisotopic (exact) mass is 248 g/mol. The molecule has 2 aromatic rings. The molecule has 0 bridgehead atoms. The second kappa shape index (κ2) is 4.72. The predicted molar refractivity (Wildman–Crippen MR) is 67.4 cm³/mol. The van der Waals surface area contributed by atoms with Crippen LogP contribution in [0.4, 0.5) is 0 Å². The van der Waals surface area contributed by atoms with E-state index in [0.717, 1.165) is 11.3 Å². The Morgan fingerprint density at radius 3 is 2.76 bits per heavy atom. The van der Waals surface area contributed by atoms with Crippen molar-refractivity contribution in [1.82, 2.24) is 9.78 Å². The molecule has 1 aromatic carbocycles. The maximum Gasteiger partial charge on any atom is 0.168 e. The summed E-state index contributed by atoms with van der Waals surface area (Å²) in [6.45, 7) is 1.89. The van der Waals surface area contributed by atoms with Gasteiger partial charge in [-0.3, -0.25) is 9.48 Å². The van der Waals surface area contributed by atoms with Gasteiger partial charge in [0.1, 0.15) is 0 Å². The fourth-order valence-electron chi connectivity index (χ4n) is 1.64. The normalized spacial score (nSPS) is 10.5. The van der Waals surface area contributed by atoms with Gasteiger partial charge in [0.25, 0.3) is 0 Å². The highest BCUT2D eigenvalue weighted by molar-refractivity contribution is 6.31. The van der Waals surface area contributed by atoms with E-state index in [-0.39, 0.29) is 5.78 Å². The fraction of sp³-hybridized carbons (Fsp3) is 0.231. The molecule has 0 aliphatic rings. The lowest BCUT2D eigenvalue weighted by molar-refractivity contribution is 0.0991. The molecular formula is C13H13ClN2O. The smallest absolute Gasteiger partial charge is 0.168 e. The zero-order valence-electron chi connectivity index (χ0n) is 9.77. The molecule has 17 heavy (non-hydrogen) atoms. The van der Waals surface area contributed by atoms with Crippen molar-refractivity contribution in [3.8, 4) is 0 Å². The average molecular weight is 249 g/mol. The number of benzene rings is 1. The maximum atomic E-state index is 12.0. The van der Waals surface area contributed by atoms with E-state index in [1.165, 1.54) is 0 Å². The molecular weight excluding hydrogens is 236 g/mol. The lowest BCUT2D eigenvalue weighted by atomic mass is 10.0. The van der Waals surface area contributed by atoms with E-state index in [2.05, 4.69) is 5.10 Å². The molecule has 0 saturated carbocycles. The van der Waals surface area contributed by atoms with Gasteiger partial charge in [-0.1, -0.05) is 11.6 Å². The van der Waals surface area contributed by atoms with Crippen LogP contribution in [0.5, 0.6) is 0 Å². The van der Waals surface area contributed by atoms with Crippen LogP contribution < -0.4 is 0 Å². The molecule has 0 spiro atoms. The van der Waals surface area contributed by atoms with Crippen LogP contribution in [-0.2, 0) is 13.5 Å². The number of aromatic nitrogens is 2. The molecule has 0 amide bonds. The van der Waals surface area contributed by atoms with E-state index >= 15 is 0 Å². The van der Waals surface area contributed by atoms with Crippen molar-refractivity contribution < 1.29 is 4.79 Å².